The minimum absolute atomic E-state index is 0.0476. The number of halogens is 1. The predicted octanol–water partition coefficient (Wildman–Crippen LogP) is 2.68. The van der Waals surface area contributed by atoms with Crippen LogP contribution in [0.1, 0.15) is 23.2 Å². The van der Waals surface area contributed by atoms with E-state index in [-0.39, 0.29) is 12.1 Å². The van der Waals surface area contributed by atoms with Crippen molar-refractivity contribution in [3.8, 4) is 0 Å². The zero-order valence-corrected chi connectivity index (χ0v) is 9.57. The highest BCUT2D eigenvalue weighted by Crippen LogP contribution is 2.17. The molecule has 2 rings (SSSR count). The molecule has 1 aromatic rings. The molecule has 1 atom stereocenters. The van der Waals surface area contributed by atoms with Crippen molar-refractivity contribution in [2.45, 2.75) is 18.9 Å². The monoisotopic (exact) mass is 240 g/mol. The zero-order chi connectivity index (χ0) is 11.4. The number of ether oxygens (including phenoxy) is 2. The average molecular weight is 241 g/mol. The van der Waals surface area contributed by atoms with Gasteiger partial charge in [-0.3, -0.25) is 0 Å². The molecule has 1 aromatic carbocycles. The summed E-state index contributed by atoms with van der Waals surface area (Å²) in [5.41, 5.74) is 0.405. The first kappa shape index (κ1) is 11.4. The van der Waals surface area contributed by atoms with Gasteiger partial charge in [0.2, 0.25) is 0 Å². The third kappa shape index (κ3) is 2.74. The Balaban J connectivity index is 1.90. The van der Waals surface area contributed by atoms with E-state index in [0.29, 0.717) is 17.2 Å². The minimum atomic E-state index is -0.388. The largest absolute Gasteiger partial charge is 0.459 e. The van der Waals surface area contributed by atoms with Gasteiger partial charge in [0, 0.05) is 6.61 Å². The highest BCUT2D eigenvalue weighted by atomic mass is 35.5. The highest BCUT2D eigenvalue weighted by Gasteiger charge is 2.18. The predicted molar refractivity (Wildman–Crippen MR) is 60.7 cm³/mol. The molecule has 0 bridgehead atoms. The number of carbonyl (C=O) groups is 1. The fraction of sp³-hybridized carbons (Fsp3) is 0.417. The SMILES string of the molecule is O=C(OC[C@H]1CCCO1)c1ccccc1Cl. The standard InChI is InChI=1S/C12H13ClO3/c13-11-6-2-1-5-10(11)12(14)16-8-9-4-3-7-15-9/h1-2,5-6,9H,3-4,7-8H2/t9-/m1/s1. The second-order valence-electron chi connectivity index (χ2n) is 3.71. The lowest BCUT2D eigenvalue weighted by Gasteiger charge is -2.10. The second kappa shape index (κ2) is 5.32. The van der Waals surface area contributed by atoms with Crippen molar-refractivity contribution in [2.24, 2.45) is 0 Å². The van der Waals surface area contributed by atoms with Gasteiger partial charge in [-0.2, -0.15) is 0 Å². The van der Waals surface area contributed by atoms with E-state index < -0.39 is 0 Å². The Morgan fingerprint density at radius 2 is 2.31 bits per heavy atom. The first-order valence-electron chi connectivity index (χ1n) is 5.30. The van der Waals surface area contributed by atoms with Crippen molar-refractivity contribution >= 4 is 17.6 Å². The Morgan fingerprint density at radius 1 is 1.50 bits per heavy atom. The zero-order valence-electron chi connectivity index (χ0n) is 8.82. The molecule has 4 heteroatoms. The van der Waals surface area contributed by atoms with E-state index >= 15 is 0 Å². The molecule has 0 amide bonds. The third-order valence-electron chi connectivity index (χ3n) is 2.52. The molecule has 86 valence electrons. The molecule has 1 aliphatic heterocycles. The fourth-order valence-electron chi connectivity index (χ4n) is 1.65. The summed E-state index contributed by atoms with van der Waals surface area (Å²) in [6.45, 7) is 1.07. The minimum Gasteiger partial charge on any atom is -0.459 e. The van der Waals surface area contributed by atoms with E-state index in [1.165, 1.54) is 0 Å². The molecule has 1 fully saturated rings. The first-order valence-corrected chi connectivity index (χ1v) is 5.68. The summed E-state index contributed by atoms with van der Waals surface area (Å²) < 4.78 is 10.5. The third-order valence-corrected chi connectivity index (χ3v) is 2.85. The molecule has 1 saturated heterocycles. The topological polar surface area (TPSA) is 35.5 Å². The van der Waals surface area contributed by atoms with E-state index in [1.807, 2.05) is 0 Å². The van der Waals surface area contributed by atoms with Crippen LogP contribution in [0.3, 0.4) is 0 Å². The number of esters is 1. The summed E-state index contributed by atoms with van der Waals surface area (Å²) >= 11 is 5.88. The summed E-state index contributed by atoms with van der Waals surface area (Å²) in [6, 6.07) is 6.86. The molecule has 0 radical (unpaired) electrons. The van der Waals surface area contributed by atoms with Crippen LogP contribution in [0.2, 0.25) is 5.02 Å². The van der Waals surface area contributed by atoms with Gasteiger partial charge >= 0.3 is 5.97 Å². The van der Waals surface area contributed by atoms with Crippen LogP contribution in [0.15, 0.2) is 24.3 Å². The highest BCUT2D eigenvalue weighted by molar-refractivity contribution is 6.33. The van der Waals surface area contributed by atoms with Crippen LogP contribution >= 0.6 is 11.6 Å². The Morgan fingerprint density at radius 3 is 3.00 bits per heavy atom. The Labute approximate surface area is 99.3 Å². The van der Waals surface area contributed by atoms with Crippen molar-refractivity contribution in [3.05, 3.63) is 34.9 Å². The van der Waals surface area contributed by atoms with Crippen LogP contribution in [0, 0.1) is 0 Å². The maximum absolute atomic E-state index is 11.7. The number of hydrogen-bond donors (Lipinski definition) is 0. The van der Waals surface area contributed by atoms with Gasteiger partial charge in [0.25, 0.3) is 0 Å². The van der Waals surface area contributed by atoms with Crippen molar-refractivity contribution in [2.75, 3.05) is 13.2 Å². The van der Waals surface area contributed by atoms with Crippen LogP contribution in [0.4, 0.5) is 0 Å². The molecule has 0 unspecified atom stereocenters. The van der Waals surface area contributed by atoms with E-state index in [0.717, 1.165) is 19.4 Å². The average Bonchev–Trinajstić information content (AvgIpc) is 2.79. The normalized spacial score (nSPS) is 19.7. The number of benzene rings is 1. The number of rotatable bonds is 3. The molecule has 0 saturated carbocycles. The molecular weight excluding hydrogens is 228 g/mol. The summed E-state index contributed by atoms with van der Waals surface area (Å²) in [5, 5.41) is 0.417. The molecule has 16 heavy (non-hydrogen) atoms. The van der Waals surface area contributed by atoms with Gasteiger partial charge in [-0.25, -0.2) is 4.79 Å². The lowest BCUT2D eigenvalue weighted by Crippen LogP contribution is -2.18. The van der Waals surface area contributed by atoms with Gasteiger partial charge < -0.3 is 9.47 Å². The van der Waals surface area contributed by atoms with Crippen molar-refractivity contribution in [1.29, 1.82) is 0 Å². The molecule has 3 nitrogen and oxygen atoms in total. The maximum Gasteiger partial charge on any atom is 0.339 e. The smallest absolute Gasteiger partial charge is 0.339 e. The van der Waals surface area contributed by atoms with Crippen molar-refractivity contribution in [1.82, 2.24) is 0 Å². The van der Waals surface area contributed by atoms with Crippen LogP contribution in [0.25, 0.3) is 0 Å². The Hall–Kier alpha value is -1.06. The lowest BCUT2D eigenvalue weighted by atomic mass is 10.2. The molecule has 1 heterocycles. The fourth-order valence-corrected chi connectivity index (χ4v) is 1.86. The van der Waals surface area contributed by atoms with Gasteiger partial charge in [0.15, 0.2) is 0 Å². The Bertz CT molecular complexity index is 372. The van der Waals surface area contributed by atoms with Crippen LogP contribution in [-0.4, -0.2) is 25.3 Å². The van der Waals surface area contributed by atoms with Crippen LogP contribution in [-0.2, 0) is 9.47 Å². The van der Waals surface area contributed by atoms with Gasteiger partial charge in [-0.1, -0.05) is 23.7 Å². The quantitative estimate of drug-likeness (QED) is 0.762. The van der Waals surface area contributed by atoms with Gasteiger partial charge in [-0.05, 0) is 25.0 Å². The maximum atomic E-state index is 11.7. The van der Waals surface area contributed by atoms with E-state index in [2.05, 4.69) is 0 Å². The van der Waals surface area contributed by atoms with E-state index in [1.54, 1.807) is 24.3 Å². The molecule has 0 N–H and O–H groups in total. The molecular formula is C12H13ClO3. The number of carbonyl (C=O) groups excluding carboxylic acids is 1. The van der Waals surface area contributed by atoms with Gasteiger partial charge in [0.1, 0.15) is 6.61 Å². The first-order chi connectivity index (χ1) is 7.77. The summed E-state index contributed by atoms with van der Waals surface area (Å²) in [5.74, 6) is -0.388. The van der Waals surface area contributed by atoms with Crippen LogP contribution < -0.4 is 0 Å². The van der Waals surface area contributed by atoms with Crippen molar-refractivity contribution in [3.63, 3.8) is 0 Å². The van der Waals surface area contributed by atoms with Crippen molar-refractivity contribution < 1.29 is 14.3 Å². The van der Waals surface area contributed by atoms with Gasteiger partial charge in [0.05, 0.1) is 16.7 Å². The molecule has 0 spiro atoms. The molecule has 1 aliphatic rings. The van der Waals surface area contributed by atoms with E-state index in [4.69, 9.17) is 21.1 Å². The lowest BCUT2D eigenvalue weighted by molar-refractivity contribution is 0.0161. The second-order valence-corrected chi connectivity index (χ2v) is 4.12. The summed E-state index contributed by atoms with van der Waals surface area (Å²) in [4.78, 5) is 11.7. The summed E-state index contributed by atoms with van der Waals surface area (Å²) in [7, 11) is 0. The molecule has 0 aromatic heterocycles. The van der Waals surface area contributed by atoms with E-state index in [9.17, 15) is 4.79 Å². The number of hydrogen-bond acceptors (Lipinski definition) is 3. The van der Waals surface area contributed by atoms with Gasteiger partial charge in [-0.15, -0.1) is 0 Å². The van der Waals surface area contributed by atoms with Crippen LogP contribution in [0.5, 0.6) is 0 Å². The Kier molecular flexibility index (Phi) is 3.80. The summed E-state index contributed by atoms with van der Waals surface area (Å²) in [6.07, 6.45) is 2.04. The molecule has 0 aliphatic carbocycles.